The first-order valence-corrected chi connectivity index (χ1v) is 8.61. The van der Waals surface area contributed by atoms with Crippen molar-refractivity contribution in [3.05, 3.63) is 72.7 Å². The number of amides is 1. The van der Waals surface area contributed by atoms with Crippen LogP contribution in [0.15, 0.2) is 67.1 Å². The summed E-state index contributed by atoms with van der Waals surface area (Å²) in [6, 6.07) is 14.4. The van der Waals surface area contributed by atoms with Crippen LogP contribution in [0.3, 0.4) is 0 Å². The van der Waals surface area contributed by atoms with Gasteiger partial charge in [0.2, 0.25) is 5.78 Å². The Morgan fingerprint density at radius 2 is 1.82 bits per heavy atom. The molecule has 0 aliphatic carbocycles. The van der Waals surface area contributed by atoms with Crippen molar-refractivity contribution >= 4 is 17.4 Å². The largest absolute Gasteiger partial charge is 0.493 e. The molecule has 0 bridgehead atoms. The quantitative estimate of drug-likeness (QED) is 0.577. The van der Waals surface area contributed by atoms with Crippen LogP contribution in [0.5, 0.6) is 11.5 Å². The van der Waals surface area contributed by atoms with Crippen molar-refractivity contribution in [2.24, 2.45) is 0 Å². The molecule has 2 aromatic heterocycles. The van der Waals surface area contributed by atoms with Crippen LogP contribution < -0.4 is 14.8 Å². The van der Waals surface area contributed by atoms with Gasteiger partial charge in [-0.2, -0.15) is 0 Å². The molecule has 0 spiro atoms. The molecule has 2 aromatic carbocycles. The maximum absolute atomic E-state index is 12.5. The van der Waals surface area contributed by atoms with Crippen molar-refractivity contribution in [2.75, 3.05) is 19.5 Å². The zero-order valence-electron chi connectivity index (χ0n) is 15.4. The molecule has 0 aliphatic rings. The number of rotatable bonds is 5. The van der Waals surface area contributed by atoms with Crippen molar-refractivity contribution in [3.8, 4) is 22.8 Å². The molecule has 4 rings (SSSR count). The predicted molar refractivity (Wildman–Crippen MR) is 106 cm³/mol. The molecule has 0 radical (unpaired) electrons. The van der Waals surface area contributed by atoms with Crippen molar-refractivity contribution in [1.29, 1.82) is 0 Å². The van der Waals surface area contributed by atoms with Gasteiger partial charge in [-0.05, 0) is 36.4 Å². The summed E-state index contributed by atoms with van der Waals surface area (Å²) >= 11 is 0. The van der Waals surface area contributed by atoms with Crippen LogP contribution in [-0.2, 0) is 0 Å². The smallest absolute Gasteiger partial charge is 0.255 e. The molecule has 0 aliphatic heterocycles. The average Bonchev–Trinajstić information content (AvgIpc) is 3.18. The van der Waals surface area contributed by atoms with E-state index >= 15 is 0 Å². The SMILES string of the molecule is COc1ccc(C(=O)Nc2ccc(-c3cn4cccnc4n3)cc2)cc1OC. The summed E-state index contributed by atoms with van der Waals surface area (Å²) in [6.07, 6.45) is 5.52. The Morgan fingerprint density at radius 3 is 2.54 bits per heavy atom. The number of fused-ring (bicyclic) bond motifs is 1. The average molecular weight is 374 g/mol. The molecule has 0 fully saturated rings. The standard InChI is InChI=1S/C21H18N4O3/c1-27-18-9-6-15(12-19(18)28-2)20(26)23-16-7-4-14(5-8-16)17-13-25-11-3-10-22-21(25)24-17/h3-13H,1-2H3,(H,23,26). The molecule has 7 nitrogen and oxygen atoms in total. The number of aromatic nitrogens is 3. The Balaban J connectivity index is 1.52. The minimum Gasteiger partial charge on any atom is -0.493 e. The summed E-state index contributed by atoms with van der Waals surface area (Å²) in [5, 5.41) is 2.88. The zero-order valence-corrected chi connectivity index (χ0v) is 15.4. The summed E-state index contributed by atoms with van der Waals surface area (Å²) < 4.78 is 12.3. The van der Waals surface area contributed by atoms with Gasteiger partial charge >= 0.3 is 0 Å². The molecule has 28 heavy (non-hydrogen) atoms. The number of imidazole rings is 1. The molecule has 1 amide bonds. The van der Waals surface area contributed by atoms with Gasteiger partial charge in [0, 0.05) is 35.4 Å². The van der Waals surface area contributed by atoms with Crippen molar-refractivity contribution in [2.45, 2.75) is 0 Å². The minimum absolute atomic E-state index is 0.231. The van der Waals surface area contributed by atoms with E-state index in [-0.39, 0.29) is 5.91 Å². The van der Waals surface area contributed by atoms with Crippen LogP contribution in [0.1, 0.15) is 10.4 Å². The first kappa shape index (κ1) is 17.5. The third-order valence-corrected chi connectivity index (χ3v) is 4.32. The Bertz CT molecular complexity index is 1100. The van der Waals surface area contributed by atoms with Gasteiger partial charge in [0.25, 0.3) is 5.91 Å². The summed E-state index contributed by atoms with van der Waals surface area (Å²) in [5.41, 5.74) is 2.92. The van der Waals surface area contributed by atoms with Crippen LogP contribution in [0.25, 0.3) is 17.0 Å². The molecule has 0 saturated heterocycles. The molecular formula is C21H18N4O3. The molecule has 7 heteroatoms. The monoisotopic (exact) mass is 374 g/mol. The number of ether oxygens (including phenoxy) is 2. The number of nitrogens with zero attached hydrogens (tertiary/aromatic N) is 3. The van der Waals surface area contributed by atoms with Crippen LogP contribution in [0, 0.1) is 0 Å². The van der Waals surface area contributed by atoms with Crippen LogP contribution in [-0.4, -0.2) is 34.5 Å². The van der Waals surface area contributed by atoms with Gasteiger partial charge in [0.05, 0.1) is 19.9 Å². The summed E-state index contributed by atoms with van der Waals surface area (Å²) in [4.78, 5) is 21.2. The van der Waals surface area contributed by atoms with E-state index < -0.39 is 0 Å². The number of hydrogen-bond donors (Lipinski definition) is 1. The Kier molecular flexibility index (Phi) is 4.63. The second-order valence-corrected chi connectivity index (χ2v) is 6.05. The Hall–Kier alpha value is -3.87. The number of hydrogen-bond acceptors (Lipinski definition) is 5. The number of methoxy groups -OCH3 is 2. The van der Waals surface area contributed by atoms with Gasteiger partial charge in [-0.1, -0.05) is 12.1 Å². The molecule has 1 N–H and O–H groups in total. The number of carbonyl (C=O) groups is 1. The van der Waals surface area contributed by atoms with Gasteiger partial charge in [0.1, 0.15) is 0 Å². The third kappa shape index (κ3) is 3.37. The molecule has 140 valence electrons. The topological polar surface area (TPSA) is 77.8 Å². The van der Waals surface area contributed by atoms with Gasteiger partial charge in [-0.3, -0.25) is 9.20 Å². The van der Waals surface area contributed by atoms with Crippen LogP contribution in [0.4, 0.5) is 5.69 Å². The molecule has 0 atom stereocenters. The highest BCUT2D eigenvalue weighted by Gasteiger charge is 2.11. The van der Waals surface area contributed by atoms with E-state index in [1.807, 2.05) is 47.1 Å². The highest BCUT2D eigenvalue weighted by molar-refractivity contribution is 6.04. The molecule has 0 saturated carbocycles. The Labute approximate surface area is 161 Å². The lowest BCUT2D eigenvalue weighted by Gasteiger charge is -2.10. The fraction of sp³-hybridized carbons (Fsp3) is 0.0952. The van der Waals surface area contributed by atoms with E-state index in [9.17, 15) is 4.79 Å². The molecular weight excluding hydrogens is 356 g/mol. The van der Waals surface area contributed by atoms with Gasteiger partial charge < -0.3 is 14.8 Å². The third-order valence-electron chi connectivity index (χ3n) is 4.32. The summed E-state index contributed by atoms with van der Waals surface area (Å²) in [5.74, 6) is 1.49. The van der Waals surface area contributed by atoms with E-state index in [1.54, 1.807) is 31.5 Å². The van der Waals surface area contributed by atoms with Crippen LogP contribution in [0.2, 0.25) is 0 Å². The lowest BCUT2D eigenvalue weighted by Crippen LogP contribution is -2.12. The van der Waals surface area contributed by atoms with Crippen molar-refractivity contribution in [3.63, 3.8) is 0 Å². The number of nitrogens with one attached hydrogen (secondary N) is 1. The second kappa shape index (κ2) is 7.40. The second-order valence-electron chi connectivity index (χ2n) is 6.05. The normalized spacial score (nSPS) is 10.6. The lowest BCUT2D eigenvalue weighted by molar-refractivity contribution is 0.102. The van der Waals surface area contributed by atoms with Crippen molar-refractivity contribution in [1.82, 2.24) is 14.4 Å². The molecule has 4 aromatic rings. The fourth-order valence-electron chi connectivity index (χ4n) is 2.87. The first-order chi connectivity index (χ1) is 13.7. The van der Waals surface area contributed by atoms with E-state index in [4.69, 9.17) is 9.47 Å². The Morgan fingerprint density at radius 1 is 1.04 bits per heavy atom. The molecule has 0 unspecified atom stereocenters. The van der Waals surface area contributed by atoms with E-state index in [1.165, 1.54) is 7.11 Å². The van der Waals surface area contributed by atoms with Crippen LogP contribution >= 0.6 is 0 Å². The highest BCUT2D eigenvalue weighted by Crippen LogP contribution is 2.28. The number of anilines is 1. The summed E-state index contributed by atoms with van der Waals surface area (Å²) in [6.45, 7) is 0. The highest BCUT2D eigenvalue weighted by atomic mass is 16.5. The van der Waals surface area contributed by atoms with Gasteiger partial charge in [-0.25, -0.2) is 9.97 Å². The van der Waals surface area contributed by atoms with Gasteiger partial charge in [-0.15, -0.1) is 0 Å². The fourth-order valence-corrected chi connectivity index (χ4v) is 2.87. The predicted octanol–water partition coefficient (Wildman–Crippen LogP) is 3.67. The minimum atomic E-state index is -0.231. The first-order valence-electron chi connectivity index (χ1n) is 8.61. The maximum atomic E-state index is 12.5. The molecule has 2 heterocycles. The van der Waals surface area contributed by atoms with Gasteiger partial charge in [0.15, 0.2) is 11.5 Å². The maximum Gasteiger partial charge on any atom is 0.255 e. The lowest BCUT2D eigenvalue weighted by atomic mass is 10.1. The van der Waals surface area contributed by atoms with E-state index in [0.717, 1.165) is 11.3 Å². The van der Waals surface area contributed by atoms with E-state index in [0.29, 0.717) is 28.5 Å². The zero-order chi connectivity index (χ0) is 19.5. The van der Waals surface area contributed by atoms with E-state index in [2.05, 4.69) is 15.3 Å². The van der Waals surface area contributed by atoms with Crippen molar-refractivity contribution < 1.29 is 14.3 Å². The summed E-state index contributed by atoms with van der Waals surface area (Å²) in [7, 11) is 3.09. The number of carbonyl (C=O) groups excluding carboxylic acids is 1. The number of benzene rings is 2.